The molecule has 0 amide bonds. The molecule has 5 nitrogen and oxygen atoms in total. The summed E-state index contributed by atoms with van der Waals surface area (Å²) in [4.78, 5) is 15.0. The van der Waals surface area contributed by atoms with Gasteiger partial charge in [0.2, 0.25) is 0 Å². The fourth-order valence-electron chi connectivity index (χ4n) is 1.74. The zero-order chi connectivity index (χ0) is 14.7. The number of hydrogen-bond donors (Lipinski definition) is 2. The largest absolute Gasteiger partial charge is 0.494 e. The number of nitrogens with zero attached hydrogens (tertiary/aromatic N) is 1. The molecule has 1 aromatic heterocycles. The van der Waals surface area contributed by atoms with Crippen molar-refractivity contribution in [3.8, 4) is 5.75 Å². The van der Waals surface area contributed by atoms with E-state index in [9.17, 15) is 9.18 Å². The van der Waals surface area contributed by atoms with E-state index in [4.69, 9.17) is 9.84 Å². The van der Waals surface area contributed by atoms with Crippen LogP contribution in [0.1, 0.15) is 16.1 Å². The maximum Gasteiger partial charge on any atom is 0.337 e. The Morgan fingerprint density at radius 2 is 2.10 bits per heavy atom. The van der Waals surface area contributed by atoms with Crippen LogP contribution in [0.5, 0.6) is 5.75 Å². The highest BCUT2D eigenvalue weighted by atomic mass is 19.1. The van der Waals surface area contributed by atoms with Crippen molar-refractivity contribution in [2.24, 2.45) is 0 Å². The molecule has 104 valence electrons. The van der Waals surface area contributed by atoms with Crippen LogP contribution in [-0.4, -0.2) is 23.2 Å². The third kappa shape index (κ3) is 2.85. The van der Waals surface area contributed by atoms with Gasteiger partial charge in [0.15, 0.2) is 11.6 Å². The summed E-state index contributed by atoms with van der Waals surface area (Å²) in [5.74, 6) is -0.886. The van der Waals surface area contributed by atoms with Crippen LogP contribution in [0.25, 0.3) is 0 Å². The summed E-state index contributed by atoms with van der Waals surface area (Å²) in [7, 11) is 1.38. The fourth-order valence-corrected chi connectivity index (χ4v) is 1.74. The molecule has 20 heavy (non-hydrogen) atoms. The molecule has 0 fully saturated rings. The van der Waals surface area contributed by atoms with Crippen molar-refractivity contribution < 1.29 is 19.0 Å². The van der Waals surface area contributed by atoms with Crippen molar-refractivity contribution in [3.05, 3.63) is 47.4 Å². The molecule has 0 aliphatic heterocycles. The lowest BCUT2D eigenvalue weighted by atomic mass is 10.2. The van der Waals surface area contributed by atoms with Gasteiger partial charge in [0, 0.05) is 11.8 Å². The second kappa shape index (κ2) is 5.56. The molecule has 0 aliphatic carbocycles. The lowest BCUT2D eigenvalue weighted by Crippen LogP contribution is -2.03. The van der Waals surface area contributed by atoms with E-state index in [1.54, 1.807) is 19.1 Å². The van der Waals surface area contributed by atoms with Crippen LogP contribution < -0.4 is 10.1 Å². The Labute approximate surface area is 115 Å². The standard InChI is InChI=1S/C14H13FN2O3/c1-8-10(14(18)19)4-6-13(16-8)17-9-3-5-11(15)12(7-9)20-2/h3-7H,1-2H3,(H,16,17)(H,18,19). The van der Waals surface area contributed by atoms with Gasteiger partial charge in [-0.3, -0.25) is 0 Å². The van der Waals surface area contributed by atoms with Gasteiger partial charge < -0.3 is 15.2 Å². The molecule has 0 aliphatic rings. The highest BCUT2D eigenvalue weighted by Crippen LogP contribution is 2.24. The van der Waals surface area contributed by atoms with E-state index in [0.717, 1.165) is 0 Å². The van der Waals surface area contributed by atoms with Crippen molar-refractivity contribution in [1.82, 2.24) is 4.98 Å². The number of benzene rings is 1. The Morgan fingerprint density at radius 1 is 1.35 bits per heavy atom. The van der Waals surface area contributed by atoms with Gasteiger partial charge in [0.25, 0.3) is 0 Å². The molecule has 2 N–H and O–H groups in total. The number of hydrogen-bond acceptors (Lipinski definition) is 4. The summed E-state index contributed by atoms with van der Waals surface area (Å²) < 4.78 is 18.2. The van der Waals surface area contributed by atoms with Gasteiger partial charge >= 0.3 is 5.97 Å². The third-order valence-corrected chi connectivity index (χ3v) is 2.74. The molecule has 0 saturated heterocycles. The first kappa shape index (κ1) is 13.8. The maximum atomic E-state index is 13.3. The highest BCUT2D eigenvalue weighted by molar-refractivity contribution is 5.89. The van der Waals surface area contributed by atoms with Crippen LogP contribution >= 0.6 is 0 Å². The third-order valence-electron chi connectivity index (χ3n) is 2.74. The van der Waals surface area contributed by atoms with Gasteiger partial charge in [-0.25, -0.2) is 14.2 Å². The molecule has 1 heterocycles. The number of rotatable bonds is 4. The predicted octanol–water partition coefficient (Wildman–Crippen LogP) is 2.98. The number of carboxylic acids is 1. The minimum Gasteiger partial charge on any atom is -0.494 e. The fraction of sp³-hybridized carbons (Fsp3) is 0.143. The average Bonchev–Trinajstić information content (AvgIpc) is 2.40. The first-order valence-electron chi connectivity index (χ1n) is 5.83. The monoisotopic (exact) mass is 276 g/mol. The summed E-state index contributed by atoms with van der Waals surface area (Å²) in [6.45, 7) is 1.61. The van der Waals surface area contributed by atoms with E-state index in [0.29, 0.717) is 17.2 Å². The molecule has 1 aromatic carbocycles. The lowest BCUT2D eigenvalue weighted by molar-refractivity contribution is 0.0695. The van der Waals surface area contributed by atoms with E-state index in [1.165, 1.54) is 25.3 Å². The molecule has 0 saturated carbocycles. The van der Waals surface area contributed by atoms with Crippen LogP contribution in [0, 0.1) is 12.7 Å². The summed E-state index contributed by atoms with van der Waals surface area (Å²) in [5.41, 5.74) is 1.14. The predicted molar refractivity (Wildman–Crippen MR) is 72.2 cm³/mol. The molecule has 6 heteroatoms. The number of anilines is 2. The quantitative estimate of drug-likeness (QED) is 0.898. The van der Waals surface area contributed by atoms with E-state index in [-0.39, 0.29) is 11.3 Å². The minimum absolute atomic E-state index is 0.119. The first-order valence-corrected chi connectivity index (χ1v) is 5.83. The van der Waals surface area contributed by atoms with E-state index < -0.39 is 11.8 Å². The molecule has 2 rings (SSSR count). The number of ether oxygens (including phenoxy) is 1. The molecule has 0 radical (unpaired) electrons. The number of aromatic carboxylic acids is 1. The Kier molecular flexibility index (Phi) is 3.84. The number of halogens is 1. The zero-order valence-corrected chi connectivity index (χ0v) is 11.0. The summed E-state index contributed by atoms with van der Waals surface area (Å²) in [6, 6.07) is 7.33. The Morgan fingerprint density at radius 3 is 2.70 bits per heavy atom. The molecule has 0 bridgehead atoms. The van der Waals surface area contributed by atoms with Crippen LogP contribution in [0.2, 0.25) is 0 Å². The number of carboxylic acid groups (broad SMARTS) is 1. The molecular weight excluding hydrogens is 263 g/mol. The van der Waals surface area contributed by atoms with Crippen LogP contribution in [-0.2, 0) is 0 Å². The van der Waals surface area contributed by atoms with Crippen LogP contribution in [0.4, 0.5) is 15.9 Å². The van der Waals surface area contributed by atoms with Crippen molar-refractivity contribution in [2.75, 3.05) is 12.4 Å². The normalized spacial score (nSPS) is 10.2. The number of aromatic nitrogens is 1. The van der Waals surface area contributed by atoms with Gasteiger partial charge in [-0.2, -0.15) is 0 Å². The van der Waals surface area contributed by atoms with Crippen LogP contribution in [0.15, 0.2) is 30.3 Å². The van der Waals surface area contributed by atoms with Crippen molar-refractivity contribution in [1.29, 1.82) is 0 Å². The first-order chi connectivity index (χ1) is 9.51. The highest BCUT2D eigenvalue weighted by Gasteiger charge is 2.09. The smallest absolute Gasteiger partial charge is 0.337 e. The second-order valence-electron chi connectivity index (χ2n) is 4.11. The Hall–Kier alpha value is -2.63. The number of carbonyl (C=O) groups is 1. The van der Waals surface area contributed by atoms with E-state index >= 15 is 0 Å². The molecule has 0 spiro atoms. The van der Waals surface area contributed by atoms with E-state index in [2.05, 4.69) is 10.3 Å². The van der Waals surface area contributed by atoms with Crippen molar-refractivity contribution in [2.45, 2.75) is 6.92 Å². The summed E-state index contributed by atoms with van der Waals surface area (Å²) in [5, 5.41) is 11.9. The number of pyridine rings is 1. The zero-order valence-electron chi connectivity index (χ0n) is 11.0. The van der Waals surface area contributed by atoms with Gasteiger partial charge in [0.05, 0.1) is 18.4 Å². The molecule has 0 atom stereocenters. The maximum absolute atomic E-state index is 13.3. The van der Waals surface area contributed by atoms with Gasteiger partial charge in [-0.15, -0.1) is 0 Å². The summed E-state index contributed by atoms with van der Waals surface area (Å²) in [6.07, 6.45) is 0. The number of methoxy groups -OCH3 is 1. The summed E-state index contributed by atoms with van der Waals surface area (Å²) >= 11 is 0. The van der Waals surface area contributed by atoms with Crippen molar-refractivity contribution >= 4 is 17.5 Å². The Balaban J connectivity index is 2.26. The van der Waals surface area contributed by atoms with Crippen LogP contribution in [0.3, 0.4) is 0 Å². The van der Waals surface area contributed by atoms with E-state index in [1.807, 2.05) is 0 Å². The second-order valence-corrected chi connectivity index (χ2v) is 4.11. The molecule has 0 unspecified atom stereocenters. The number of nitrogens with one attached hydrogen (secondary N) is 1. The lowest BCUT2D eigenvalue weighted by Gasteiger charge is -2.09. The van der Waals surface area contributed by atoms with Gasteiger partial charge in [-0.1, -0.05) is 0 Å². The SMILES string of the molecule is COc1cc(Nc2ccc(C(=O)O)c(C)n2)ccc1F. The Bertz CT molecular complexity index is 659. The van der Waals surface area contributed by atoms with Gasteiger partial charge in [-0.05, 0) is 31.2 Å². The van der Waals surface area contributed by atoms with Crippen molar-refractivity contribution in [3.63, 3.8) is 0 Å². The average molecular weight is 276 g/mol. The number of aryl methyl sites for hydroxylation is 1. The topological polar surface area (TPSA) is 71.5 Å². The minimum atomic E-state index is -1.02. The molecular formula is C14H13FN2O3. The molecule has 2 aromatic rings. The van der Waals surface area contributed by atoms with Gasteiger partial charge in [0.1, 0.15) is 5.82 Å².